The molecule has 0 bridgehead atoms. The van der Waals surface area contributed by atoms with Gasteiger partial charge in [-0.3, -0.25) is 18.8 Å². The third-order valence-corrected chi connectivity index (χ3v) is 16.9. The Morgan fingerprint density at radius 2 is 1.69 bits per heavy atom. The minimum absolute atomic E-state index is 0.0388. The highest BCUT2D eigenvalue weighted by atomic mass is 35.5. The molecule has 1 N–H and O–H groups in total. The predicted octanol–water partition coefficient (Wildman–Crippen LogP) is 10.3. The van der Waals surface area contributed by atoms with Crippen LogP contribution in [0.25, 0.3) is 22.2 Å². The summed E-state index contributed by atoms with van der Waals surface area (Å²) >= 11 is 7.55. The topological polar surface area (TPSA) is 119 Å². The van der Waals surface area contributed by atoms with E-state index in [1.165, 1.54) is 26.7 Å². The second kappa shape index (κ2) is 16.4. The fraction of sp³-hybridized carbons (Fsp3) is 0.450. The molecule has 0 aliphatic heterocycles. The third kappa shape index (κ3) is 11.0. The highest BCUT2D eigenvalue weighted by Gasteiger charge is 2.37. The summed E-state index contributed by atoms with van der Waals surface area (Å²) in [5.41, 5.74) is 1.53. The molecule has 0 saturated carbocycles. The lowest BCUT2D eigenvalue weighted by molar-refractivity contribution is 0.0547. The zero-order chi connectivity index (χ0) is 40.5. The standard InChI is InChI=1S/C40H54ClN5O6SSi2/c1-39(2,3)52-38(49)46-33-14-12-27(25-51-55(10,11)40(4,5)6)18-28(33)19-34(46)32-20-30(23-44(37(32)48)26-50-16-17-54(7,8)9)43-36(47)29-21-42-45(22-29)24-31-13-15-35(41)53-31/h12-15,18-23H,16-17,24-26H2,1-11H3,(H,43,47). The number of amides is 1. The van der Waals surface area contributed by atoms with Gasteiger partial charge >= 0.3 is 6.09 Å². The minimum Gasteiger partial charge on any atom is -0.443 e. The number of ether oxygens (including phenoxy) is 2. The predicted molar refractivity (Wildman–Crippen MR) is 228 cm³/mol. The SMILES string of the molecule is CC(C)(C)OC(=O)n1c(-c2cc(NC(=O)c3cnn(Cc4ccc(Cl)s4)c3)cn(COCC[Si](C)(C)C)c2=O)cc2cc(CO[Si](C)(C)C(C)(C)C)ccc21. The number of anilines is 1. The van der Waals surface area contributed by atoms with E-state index < -0.39 is 34.0 Å². The van der Waals surface area contributed by atoms with E-state index in [1.54, 1.807) is 43.9 Å². The Labute approximate surface area is 334 Å². The van der Waals surface area contributed by atoms with Crippen molar-refractivity contribution in [1.29, 1.82) is 0 Å². The Kier molecular flexibility index (Phi) is 12.6. The van der Waals surface area contributed by atoms with Gasteiger partial charge in [-0.1, -0.05) is 58.1 Å². The van der Waals surface area contributed by atoms with Gasteiger partial charge in [0, 0.05) is 37.3 Å². The molecule has 4 aromatic heterocycles. The Bertz CT molecular complexity index is 2240. The van der Waals surface area contributed by atoms with Crippen molar-refractivity contribution in [3.05, 3.63) is 91.7 Å². The van der Waals surface area contributed by atoms with Gasteiger partial charge in [0.05, 0.1) is 51.7 Å². The smallest absolute Gasteiger partial charge is 0.419 e. The molecule has 0 fully saturated rings. The zero-order valence-electron chi connectivity index (χ0n) is 33.8. The second-order valence-electron chi connectivity index (χ2n) is 17.6. The van der Waals surface area contributed by atoms with Crippen molar-refractivity contribution >= 4 is 67.9 Å². The molecule has 15 heteroatoms. The second-order valence-corrected chi connectivity index (χ2v) is 29.9. The van der Waals surface area contributed by atoms with E-state index in [9.17, 15) is 14.4 Å². The van der Waals surface area contributed by atoms with Crippen molar-refractivity contribution in [3.8, 4) is 11.3 Å². The maximum atomic E-state index is 14.3. The Hall–Kier alpha value is -3.80. The van der Waals surface area contributed by atoms with Gasteiger partial charge in [-0.15, -0.1) is 11.3 Å². The van der Waals surface area contributed by atoms with Crippen molar-refractivity contribution in [3.63, 3.8) is 0 Å². The lowest BCUT2D eigenvalue weighted by atomic mass is 10.1. The first kappa shape index (κ1) is 42.3. The van der Waals surface area contributed by atoms with E-state index in [0.29, 0.717) is 46.6 Å². The molecule has 0 atom stereocenters. The molecule has 11 nitrogen and oxygen atoms in total. The molecular weight excluding hydrogens is 770 g/mol. The molecule has 5 rings (SSSR count). The number of benzene rings is 1. The van der Waals surface area contributed by atoms with Crippen LogP contribution in [0.2, 0.25) is 48.2 Å². The summed E-state index contributed by atoms with van der Waals surface area (Å²) < 4.78 is 23.6. The third-order valence-electron chi connectivity index (χ3n) is 9.54. The number of nitrogens with one attached hydrogen (secondary N) is 1. The largest absolute Gasteiger partial charge is 0.443 e. The van der Waals surface area contributed by atoms with Crippen molar-refractivity contribution in [1.82, 2.24) is 18.9 Å². The first-order valence-corrected chi connectivity index (χ1v) is 26.2. The normalized spacial score (nSPS) is 12.7. The van der Waals surface area contributed by atoms with Crippen LogP contribution in [-0.4, -0.2) is 59.5 Å². The quantitative estimate of drug-likeness (QED) is 0.0928. The van der Waals surface area contributed by atoms with Crippen LogP contribution < -0.4 is 10.9 Å². The van der Waals surface area contributed by atoms with Crippen molar-refractivity contribution < 1.29 is 23.5 Å². The van der Waals surface area contributed by atoms with E-state index in [2.05, 4.69) is 63.9 Å². The van der Waals surface area contributed by atoms with Crippen LogP contribution in [0.5, 0.6) is 0 Å². The number of carbonyl (C=O) groups is 2. The number of fused-ring (bicyclic) bond motifs is 1. The molecule has 0 aliphatic carbocycles. The average Bonchev–Trinajstić information content (AvgIpc) is 3.80. The highest BCUT2D eigenvalue weighted by molar-refractivity contribution is 7.16. The Morgan fingerprint density at radius 3 is 2.33 bits per heavy atom. The number of hydrogen-bond donors (Lipinski definition) is 1. The molecule has 0 unspecified atom stereocenters. The van der Waals surface area contributed by atoms with Gasteiger partial charge < -0.3 is 19.2 Å². The zero-order valence-corrected chi connectivity index (χ0v) is 37.4. The number of aromatic nitrogens is 4. The summed E-state index contributed by atoms with van der Waals surface area (Å²) in [4.78, 5) is 42.9. The van der Waals surface area contributed by atoms with Gasteiger partial charge in [0.2, 0.25) is 0 Å². The number of nitrogens with zero attached hydrogens (tertiary/aromatic N) is 4. The fourth-order valence-electron chi connectivity index (χ4n) is 5.43. The number of thiophene rings is 1. The van der Waals surface area contributed by atoms with E-state index in [0.717, 1.165) is 21.9 Å². The van der Waals surface area contributed by atoms with Gasteiger partial charge in [-0.25, -0.2) is 9.36 Å². The maximum Gasteiger partial charge on any atom is 0.419 e. The molecule has 55 heavy (non-hydrogen) atoms. The lowest BCUT2D eigenvalue weighted by Crippen LogP contribution is -2.40. The Balaban J connectivity index is 1.56. The van der Waals surface area contributed by atoms with E-state index in [4.69, 9.17) is 25.5 Å². The highest BCUT2D eigenvalue weighted by Crippen LogP contribution is 2.37. The molecular formula is C40H54ClN5O6SSi2. The van der Waals surface area contributed by atoms with E-state index in [1.807, 2.05) is 36.4 Å². The van der Waals surface area contributed by atoms with E-state index >= 15 is 0 Å². The number of rotatable bonds is 13. The molecule has 0 radical (unpaired) electrons. The van der Waals surface area contributed by atoms with Gasteiger partial charge in [0.1, 0.15) is 12.3 Å². The van der Waals surface area contributed by atoms with Gasteiger partial charge in [-0.2, -0.15) is 5.10 Å². The van der Waals surface area contributed by atoms with Crippen LogP contribution in [0.15, 0.2) is 65.8 Å². The lowest BCUT2D eigenvalue weighted by Gasteiger charge is -2.36. The molecule has 5 aromatic rings. The molecule has 296 valence electrons. The van der Waals surface area contributed by atoms with Crippen molar-refractivity contribution in [2.24, 2.45) is 0 Å². The molecule has 4 heterocycles. The molecule has 1 amide bonds. The maximum absolute atomic E-state index is 14.3. The molecule has 0 saturated heterocycles. The number of hydrogen-bond acceptors (Lipinski definition) is 8. The number of pyridine rings is 1. The van der Waals surface area contributed by atoms with Crippen molar-refractivity contribution in [2.75, 3.05) is 11.9 Å². The summed E-state index contributed by atoms with van der Waals surface area (Å²) in [5, 5.41) is 8.10. The first-order chi connectivity index (χ1) is 25.5. The van der Waals surface area contributed by atoms with Crippen LogP contribution in [0.3, 0.4) is 0 Å². The summed E-state index contributed by atoms with van der Waals surface area (Å²) in [7, 11) is -3.43. The summed E-state index contributed by atoms with van der Waals surface area (Å²) in [5.74, 6) is -0.412. The van der Waals surface area contributed by atoms with Gasteiger partial charge in [0.15, 0.2) is 8.32 Å². The van der Waals surface area contributed by atoms with Crippen LogP contribution in [0.1, 0.15) is 62.3 Å². The summed E-state index contributed by atoms with van der Waals surface area (Å²) in [6.45, 7) is 24.5. The van der Waals surface area contributed by atoms with Crippen LogP contribution in [0.4, 0.5) is 10.5 Å². The summed E-state index contributed by atoms with van der Waals surface area (Å²) in [6, 6.07) is 13.9. The molecule has 0 aliphatic rings. The fourth-order valence-corrected chi connectivity index (χ4v) is 8.23. The summed E-state index contributed by atoms with van der Waals surface area (Å²) in [6.07, 6.45) is 4.08. The van der Waals surface area contributed by atoms with Crippen LogP contribution in [0, 0.1) is 0 Å². The number of carbonyl (C=O) groups excluding carboxylic acids is 2. The first-order valence-electron chi connectivity index (χ1n) is 18.4. The monoisotopic (exact) mass is 823 g/mol. The van der Waals surface area contributed by atoms with Gasteiger partial charge in [0.25, 0.3) is 11.5 Å². The van der Waals surface area contributed by atoms with E-state index in [-0.39, 0.29) is 22.9 Å². The Morgan fingerprint density at radius 1 is 0.964 bits per heavy atom. The van der Waals surface area contributed by atoms with Gasteiger partial charge in [-0.05, 0) is 86.9 Å². The number of halogens is 1. The van der Waals surface area contributed by atoms with Crippen LogP contribution in [-0.2, 0) is 33.8 Å². The average molecular weight is 825 g/mol. The van der Waals surface area contributed by atoms with Crippen LogP contribution >= 0.6 is 22.9 Å². The van der Waals surface area contributed by atoms with Crippen molar-refractivity contribution in [2.45, 2.75) is 111 Å². The minimum atomic E-state index is -2.03. The molecule has 1 aromatic carbocycles. The molecule has 0 spiro atoms.